The molecule has 108 valence electrons. The maximum absolute atomic E-state index is 10.8. The highest BCUT2D eigenvalue weighted by atomic mass is 16.5. The van der Waals surface area contributed by atoms with E-state index in [9.17, 15) is 4.79 Å². The highest BCUT2D eigenvalue weighted by Gasteiger charge is 2.16. The number of hydrogen-bond donors (Lipinski definition) is 1. The van der Waals surface area contributed by atoms with Crippen LogP contribution >= 0.6 is 0 Å². The third-order valence-corrected chi connectivity index (χ3v) is 3.27. The number of carboxylic acids is 1. The van der Waals surface area contributed by atoms with Crippen LogP contribution in [0.1, 0.15) is 52.4 Å². The van der Waals surface area contributed by atoms with Crippen molar-refractivity contribution >= 4 is 5.97 Å². The molecule has 4 heteroatoms. The van der Waals surface area contributed by atoms with Crippen molar-refractivity contribution in [2.45, 2.75) is 58.4 Å². The van der Waals surface area contributed by atoms with Gasteiger partial charge >= 0.3 is 5.97 Å². The molecule has 0 aliphatic carbocycles. The van der Waals surface area contributed by atoms with Crippen molar-refractivity contribution in [1.29, 1.82) is 0 Å². The van der Waals surface area contributed by atoms with Crippen molar-refractivity contribution in [2.75, 3.05) is 26.8 Å². The molecule has 0 fully saturated rings. The molecule has 1 unspecified atom stereocenters. The molecule has 0 saturated heterocycles. The molecule has 0 aromatic carbocycles. The van der Waals surface area contributed by atoms with Gasteiger partial charge in [-0.2, -0.15) is 0 Å². The van der Waals surface area contributed by atoms with Crippen LogP contribution in [0.2, 0.25) is 0 Å². The van der Waals surface area contributed by atoms with E-state index in [1.807, 2.05) is 4.90 Å². The van der Waals surface area contributed by atoms with Gasteiger partial charge in [0.15, 0.2) is 0 Å². The monoisotopic (exact) mass is 259 g/mol. The lowest BCUT2D eigenvalue weighted by Gasteiger charge is -2.27. The Morgan fingerprint density at radius 2 is 1.94 bits per heavy atom. The number of carbonyl (C=O) groups is 1. The molecule has 0 spiro atoms. The first-order chi connectivity index (χ1) is 8.61. The van der Waals surface area contributed by atoms with Gasteiger partial charge in [0.05, 0.1) is 13.2 Å². The zero-order chi connectivity index (χ0) is 13.8. The molecule has 0 aliphatic rings. The van der Waals surface area contributed by atoms with Gasteiger partial charge in [0.25, 0.3) is 0 Å². The van der Waals surface area contributed by atoms with Crippen molar-refractivity contribution < 1.29 is 14.6 Å². The maximum atomic E-state index is 10.8. The number of methoxy groups -OCH3 is 1. The fourth-order valence-corrected chi connectivity index (χ4v) is 2.06. The summed E-state index contributed by atoms with van der Waals surface area (Å²) in [5, 5.41) is 8.89. The molecule has 0 rings (SSSR count). The average molecular weight is 259 g/mol. The van der Waals surface area contributed by atoms with Gasteiger partial charge in [0, 0.05) is 19.7 Å². The normalized spacial score (nSPS) is 12.9. The number of carboxylic acid groups (broad SMARTS) is 1. The van der Waals surface area contributed by atoms with Gasteiger partial charge in [-0.1, -0.05) is 39.0 Å². The summed E-state index contributed by atoms with van der Waals surface area (Å²) in [4.78, 5) is 12.8. The quantitative estimate of drug-likeness (QED) is 0.548. The number of hydrogen-bond acceptors (Lipinski definition) is 3. The SMILES string of the molecule is CCCCCCCC(C)N(CCOC)CC(=O)O. The summed E-state index contributed by atoms with van der Waals surface area (Å²) >= 11 is 0. The van der Waals surface area contributed by atoms with Crippen LogP contribution in [0.25, 0.3) is 0 Å². The van der Waals surface area contributed by atoms with Gasteiger partial charge in [-0.05, 0) is 13.3 Å². The third-order valence-electron chi connectivity index (χ3n) is 3.27. The van der Waals surface area contributed by atoms with Crippen LogP contribution in [0.3, 0.4) is 0 Å². The van der Waals surface area contributed by atoms with E-state index in [0.29, 0.717) is 19.2 Å². The van der Waals surface area contributed by atoms with Gasteiger partial charge in [0.2, 0.25) is 0 Å². The summed E-state index contributed by atoms with van der Waals surface area (Å²) in [7, 11) is 1.65. The van der Waals surface area contributed by atoms with Crippen LogP contribution in [0.15, 0.2) is 0 Å². The molecule has 1 atom stereocenters. The van der Waals surface area contributed by atoms with Crippen molar-refractivity contribution in [2.24, 2.45) is 0 Å². The lowest BCUT2D eigenvalue weighted by Crippen LogP contribution is -2.39. The molecule has 1 N–H and O–H groups in total. The Kier molecular flexibility index (Phi) is 11.1. The topological polar surface area (TPSA) is 49.8 Å². The zero-order valence-corrected chi connectivity index (χ0v) is 12.2. The first-order valence-corrected chi connectivity index (χ1v) is 7.06. The molecule has 18 heavy (non-hydrogen) atoms. The second-order valence-electron chi connectivity index (χ2n) is 4.91. The van der Waals surface area contributed by atoms with Crippen molar-refractivity contribution in [3.05, 3.63) is 0 Å². The van der Waals surface area contributed by atoms with Crippen LogP contribution in [-0.2, 0) is 9.53 Å². The fraction of sp³-hybridized carbons (Fsp3) is 0.929. The lowest BCUT2D eigenvalue weighted by atomic mass is 10.1. The van der Waals surface area contributed by atoms with Gasteiger partial charge < -0.3 is 9.84 Å². The van der Waals surface area contributed by atoms with Gasteiger partial charge in [-0.25, -0.2) is 0 Å². The average Bonchev–Trinajstić information content (AvgIpc) is 2.33. The minimum atomic E-state index is -0.760. The van der Waals surface area contributed by atoms with E-state index in [1.54, 1.807) is 7.11 Å². The Balaban J connectivity index is 3.88. The third kappa shape index (κ3) is 9.42. The van der Waals surface area contributed by atoms with E-state index >= 15 is 0 Å². The number of ether oxygens (including phenoxy) is 1. The van der Waals surface area contributed by atoms with E-state index in [0.717, 1.165) is 6.42 Å². The van der Waals surface area contributed by atoms with Crippen molar-refractivity contribution in [1.82, 2.24) is 4.90 Å². The molecule has 0 radical (unpaired) electrons. The zero-order valence-electron chi connectivity index (χ0n) is 12.2. The predicted octanol–water partition coefficient (Wildman–Crippen LogP) is 2.77. The Hall–Kier alpha value is -0.610. The molecule has 0 saturated carbocycles. The number of rotatable bonds is 12. The molecule has 0 bridgehead atoms. The molecular weight excluding hydrogens is 230 g/mol. The van der Waals surface area contributed by atoms with Crippen LogP contribution in [0.4, 0.5) is 0 Å². The molecule has 0 aliphatic heterocycles. The number of aliphatic carboxylic acids is 1. The molecular formula is C14H29NO3. The van der Waals surface area contributed by atoms with Crippen molar-refractivity contribution in [3.63, 3.8) is 0 Å². The Bertz CT molecular complexity index is 209. The van der Waals surface area contributed by atoms with Crippen LogP contribution in [0, 0.1) is 0 Å². The summed E-state index contributed by atoms with van der Waals surface area (Å²) in [6, 6.07) is 0.317. The minimum absolute atomic E-state index is 0.111. The standard InChI is InChI=1S/C14H29NO3/c1-4-5-6-7-8-9-13(2)15(10-11-18-3)12-14(16)17/h13H,4-12H2,1-3H3,(H,16,17). The van der Waals surface area contributed by atoms with Gasteiger partial charge in [0.1, 0.15) is 0 Å². The Morgan fingerprint density at radius 3 is 2.50 bits per heavy atom. The Morgan fingerprint density at radius 1 is 1.28 bits per heavy atom. The molecule has 0 amide bonds. The van der Waals surface area contributed by atoms with E-state index in [1.165, 1.54) is 32.1 Å². The number of nitrogens with zero attached hydrogens (tertiary/aromatic N) is 1. The maximum Gasteiger partial charge on any atom is 0.317 e. The summed E-state index contributed by atoms with van der Waals surface area (Å²) in [5.74, 6) is -0.760. The Labute approximate surface area is 111 Å². The minimum Gasteiger partial charge on any atom is -0.480 e. The summed E-state index contributed by atoms with van der Waals surface area (Å²) in [6.45, 7) is 5.71. The van der Waals surface area contributed by atoms with E-state index in [2.05, 4.69) is 13.8 Å². The number of unbranched alkanes of at least 4 members (excludes halogenated alkanes) is 4. The van der Waals surface area contributed by atoms with E-state index in [4.69, 9.17) is 9.84 Å². The largest absolute Gasteiger partial charge is 0.480 e. The van der Waals surface area contributed by atoms with E-state index in [-0.39, 0.29) is 6.54 Å². The molecule has 0 aromatic rings. The lowest BCUT2D eigenvalue weighted by molar-refractivity contribution is -0.139. The van der Waals surface area contributed by atoms with Crippen LogP contribution in [-0.4, -0.2) is 48.8 Å². The summed E-state index contributed by atoms with van der Waals surface area (Å²) < 4.78 is 5.03. The van der Waals surface area contributed by atoms with Crippen LogP contribution < -0.4 is 0 Å². The smallest absolute Gasteiger partial charge is 0.317 e. The summed E-state index contributed by atoms with van der Waals surface area (Å²) in [5.41, 5.74) is 0. The molecule has 4 nitrogen and oxygen atoms in total. The first-order valence-electron chi connectivity index (χ1n) is 7.06. The molecule has 0 heterocycles. The predicted molar refractivity (Wildman–Crippen MR) is 73.9 cm³/mol. The highest BCUT2D eigenvalue weighted by molar-refractivity contribution is 5.69. The van der Waals surface area contributed by atoms with E-state index < -0.39 is 5.97 Å². The van der Waals surface area contributed by atoms with Crippen LogP contribution in [0.5, 0.6) is 0 Å². The molecule has 0 aromatic heterocycles. The van der Waals surface area contributed by atoms with Crippen molar-refractivity contribution in [3.8, 4) is 0 Å². The second-order valence-corrected chi connectivity index (χ2v) is 4.91. The fourth-order valence-electron chi connectivity index (χ4n) is 2.06. The second kappa shape index (κ2) is 11.5. The van der Waals surface area contributed by atoms with Gasteiger partial charge in [-0.15, -0.1) is 0 Å². The first kappa shape index (κ1) is 17.4. The van der Waals surface area contributed by atoms with Gasteiger partial charge in [-0.3, -0.25) is 9.69 Å². The highest BCUT2D eigenvalue weighted by Crippen LogP contribution is 2.11. The summed E-state index contributed by atoms with van der Waals surface area (Å²) in [6.07, 6.45) is 7.36.